The Morgan fingerprint density at radius 3 is 2.72 bits per heavy atom. The number of hydrogen-bond acceptors (Lipinski definition) is 8. The second kappa shape index (κ2) is 10.1. The number of fused-ring (bicyclic) bond motifs is 2. The van der Waals surface area contributed by atoms with Gasteiger partial charge in [-0.2, -0.15) is 10.1 Å². The molecule has 1 fully saturated rings. The summed E-state index contributed by atoms with van der Waals surface area (Å²) in [5.74, 6) is 0. The lowest BCUT2D eigenvalue weighted by Gasteiger charge is -2.31. The highest BCUT2D eigenvalue weighted by atomic mass is 35.5. The van der Waals surface area contributed by atoms with Gasteiger partial charge in [-0.3, -0.25) is 4.68 Å². The maximum absolute atomic E-state index is 14.0. The van der Waals surface area contributed by atoms with Crippen molar-refractivity contribution in [1.82, 2.24) is 24.7 Å². The molecule has 0 spiro atoms. The van der Waals surface area contributed by atoms with Gasteiger partial charge in [0.1, 0.15) is 17.9 Å². The molecule has 5 heterocycles. The fraction of sp³-hybridized carbons (Fsp3) is 0.444. The van der Waals surface area contributed by atoms with Gasteiger partial charge in [-0.05, 0) is 32.0 Å². The van der Waals surface area contributed by atoms with Crippen molar-refractivity contribution < 1.29 is 24.1 Å². The van der Waals surface area contributed by atoms with E-state index in [0.29, 0.717) is 41.4 Å². The summed E-state index contributed by atoms with van der Waals surface area (Å²) in [6.45, 7) is 4.72. The van der Waals surface area contributed by atoms with Gasteiger partial charge in [-0.25, -0.2) is 9.37 Å². The number of H-pyrrole nitrogens is 1. The van der Waals surface area contributed by atoms with Crippen molar-refractivity contribution in [3.8, 4) is 17.3 Å². The summed E-state index contributed by atoms with van der Waals surface area (Å²) in [5.41, 5.74) is 4.35. The molecule has 1 aromatic carbocycles. The van der Waals surface area contributed by atoms with Crippen LogP contribution in [0.25, 0.3) is 22.4 Å². The molecule has 39 heavy (non-hydrogen) atoms. The van der Waals surface area contributed by atoms with Crippen molar-refractivity contribution in [2.75, 3.05) is 18.1 Å². The summed E-state index contributed by atoms with van der Waals surface area (Å²) in [5, 5.41) is 24.4. The highest BCUT2D eigenvalue weighted by Gasteiger charge is 2.31. The number of hydrogen-bond donors (Lipinski definition) is 3. The molecule has 0 radical (unpaired) electrons. The lowest BCUT2D eigenvalue weighted by Crippen LogP contribution is -2.45. The number of halogens is 2. The number of aliphatic hydroxyl groups is 2. The minimum absolute atomic E-state index is 0.236. The van der Waals surface area contributed by atoms with Crippen molar-refractivity contribution in [3.05, 3.63) is 52.8 Å². The molecular weight excluding hydrogens is 527 g/mol. The molecule has 206 valence electrons. The third kappa shape index (κ3) is 5.44. The molecule has 3 atom stereocenters. The van der Waals surface area contributed by atoms with E-state index < -0.39 is 24.0 Å². The van der Waals surface area contributed by atoms with E-state index >= 15 is 0 Å². The van der Waals surface area contributed by atoms with Crippen LogP contribution in [0, 0.1) is 0 Å². The van der Waals surface area contributed by atoms with Crippen LogP contribution in [0.3, 0.4) is 0 Å². The maximum atomic E-state index is 14.0. The average Bonchev–Trinajstić information content (AvgIpc) is 3.55. The Morgan fingerprint density at radius 1 is 1.23 bits per heavy atom. The first-order valence-corrected chi connectivity index (χ1v) is 13.3. The zero-order chi connectivity index (χ0) is 27.3. The van der Waals surface area contributed by atoms with Gasteiger partial charge in [0.25, 0.3) is 6.01 Å². The predicted octanol–water partition coefficient (Wildman–Crippen LogP) is 3.63. The van der Waals surface area contributed by atoms with Crippen LogP contribution in [0.4, 0.5) is 10.1 Å². The van der Waals surface area contributed by atoms with Crippen LogP contribution in [0.15, 0.2) is 36.5 Å². The zero-order valence-electron chi connectivity index (χ0n) is 21.6. The third-order valence-corrected chi connectivity index (χ3v) is 7.25. The summed E-state index contributed by atoms with van der Waals surface area (Å²) in [6.07, 6.45) is 0.436. The summed E-state index contributed by atoms with van der Waals surface area (Å²) in [7, 11) is 0. The van der Waals surface area contributed by atoms with Crippen LogP contribution in [0.5, 0.6) is 6.01 Å². The van der Waals surface area contributed by atoms with Gasteiger partial charge in [-0.15, -0.1) is 0 Å². The first-order chi connectivity index (χ1) is 18.6. The van der Waals surface area contributed by atoms with Crippen molar-refractivity contribution in [2.24, 2.45) is 0 Å². The Morgan fingerprint density at radius 2 is 2.03 bits per heavy atom. The molecule has 1 saturated heterocycles. The highest BCUT2D eigenvalue weighted by molar-refractivity contribution is 6.33. The average molecular weight is 557 g/mol. The third-order valence-electron chi connectivity index (χ3n) is 6.96. The van der Waals surface area contributed by atoms with E-state index in [0.717, 1.165) is 22.5 Å². The molecule has 3 aromatic heterocycles. The quantitative estimate of drug-likeness (QED) is 0.315. The number of aromatic nitrogens is 5. The van der Waals surface area contributed by atoms with Crippen molar-refractivity contribution in [2.45, 2.75) is 63.9 Å². The minimum atomic E-state index is -1.31. The van der Waals surface area contributed by atoms with Crippen LogP contribution in [0.2, 0.25) is 5.02 Å². The smallest absolute Gasteiger partial charge is 0.296 e. The largest absolute Gasteiger partial charge is 0.459 e. The van der Waals surface area contributed by atoms with Gasteiger partial charge in [-0.1, -0.05) is 23.7 Å². The molecule has 2 aliphatic rings. The lowest BCUT2D eigenvalue weighted by atomic mass is 10.0. The lowest BCUT2D eigenvalue weighted by molar-refractivity contribution is -0.131. The Hall–Kier alpha value is -3.25. The SMILES string of the molecule is CC(C)(F)Cn1cc2c(n1)CN(c1ccc(-c3nc4nc(OC5COC(CO)C(O)C5)[nH]c4cc3Cl)cc1)C2. The summed E-state index contributed by atoms with van der Waals surface area (Å²) in [6, 6.07) is 10.0. The number of alkyl halides is 1. The molecule has 12 heteroatoms. The molecule has 6 rings (SSSR count). The number of anilines is 1. The minimum Gasteiger partial charge on any atom is -0.459 e. The molecule has 10 nitrogen and oxygen atoms in total. The number of nitrogens with one attached hydrogen (secondary N) is 1. The van der Waals surface area contributed by atoms with Crippen LogP contribution < -0.4 is 9.64 Å². The van der Waals surface area contributed by atoms with Gasteiger partial charge in [0.2, 0.25) is 0 Å². The second-order valence-electron chi connectivity index (χ2n) is 10.7. The van der Waals surface area contributed by atoms with E-state index in [1.54, 1.807) is 24.6 Å². The second-order valence-corrected chi connectivity index (χ2v) is 11.2. The maximum Gasteiger partial charge on any atom is 0.296 e. The number of pyridine rings is 1. The number of imidazole rings is 1. The van der Waals surface area contributed by atoms with E-state index in [2.05, 4.69) is 25.0 Å². The zero-order valence-corrected chi connectivity index (χ0v) is 22.4. The standard InChI is InChI=1S/C27H30ClFN6O4/c1-27(2,29)14-35-10-16-9-34(11-21(16)33-35)17-5-3-15(4-6-17)24-19(28)8-20-25(31-24)32-26(30-20)39-18-7-22(37)23(12-36)38-13-18/h3-6,8,10,18,22-23,36-37H,7,9,11-14H2,1-2H3,(H,30,31,32). The van der Waals surface area contributed by atoms with Gasteiger partial charge >= 0.3 is 0 Å². The number of aliphatic hydroxyl groups excluding tert-OH is 2. The first-order valence-electron chi connectivity index (χ1n) is 12.9. The van der Waals surface area contributed by atoms with Crippen LogP contribution >= 0.6 is 11.6 Å². The molecule has 0 saturated carbocycles. The summed E-state index contributed by atoms with van der Waals surface area (Å²) < 4.78 is 27.0. The number of rotatable bonds is 7. The van der Waals surface area contributed by atoms with Crippen molar-refractivity contribution in [1.29, 1.82) is 0 Å². The van der Waals surface area contributed by atoms with Crippen molar-refractivity contribution in [3.63, 3.8) is 0 Å². The molecule has 0 bridgehead atoms. The van der Waals surface area contributed by atoms with Crippen LogP contribution in [-0.4, -0.2) is 72.1 Å². The summed E-state index contributed by atoms with van der Waals surface area (Å²) >= 11 is 6.59. The van der Waals surface area contributed by atoms with E-state index in [1.807, 2.05) is 30.5 Å². The molecule has 4 aromatic rings. The predicted molar refractivity (Wildman–Crippen MR) is 144 cm³/mol. The Kier molecular flexibility index (Phi) is 6.70. The van der Waals surface area contributed by atoms with Crippen LogP contribution in [0.1, 0.15) is 31.5 Å². The number of ether oxygens (including phenoxy) is 2. The molecule has 2 aliphatic heterocycles. The van der Waals surface area contributed by atoms with E-state index in [1.165, 1.54) is 0 Å². The van der Waals surface area contributed by atoms with E-state index in [9.17, 15) is 14.6 Å². The molecule has 0 amide bonds. The normalized spacial score (nSPS) is 21.5. The molecular formula is C27H30ClFN6O4. The number of benzene rings is 1. The fourth-order valence-electron chi connectivity index (χ4n) is 5.09. The Labute approximate surface area is 229 Å². The number of aromatic amines is 1. The Bertz CT molecular complexity index is 1460. The first kappa shape index (κ1) is 26.0. The topological polar surface area (TPSA) is 122 Å². The summed E-state index contributed by atoms with van der Waals surface area (Å²) in [4.78, 5) is 14.4. The molecule has 3 unspecified atom stereocenters. The monoisotopic (exact) mass is 556 g/mol. The van der Waals surface area contributed by atoms with Crippen molar-refractivity contribution >= 4 is 28.5 Å². The van der Waals surface area contributed by atoms with E-state index in [-0.39, 0.29) is 25.8 Å². The highest BCUT2D eigenvalue weighted by Crippen LogP contribution is 2.33. The van der Waals surface area contributed by atoms with Gasteiger partial charge in [0.05, 0.1) is 54.3 Å². The van der Waals surface area contributed by atoms with Gasteiger partial charge in [0, 0.05) is 36.0 Å². The van der Waals surface area contributed by atoms with Gasteiger partial charge in [0.15, 0.2) is 5.65 Å². The number of nitrogens with zero attached hydrogens (tertiary/aromatic N) is 5. The van der Waals surface area contributed by atoms with Crippen LogP contribution in [-0.2, 0) is 24.4 Å². The molecule has 0 aliphatic carbocycles. The molecule has 3 N–H and O–H groups in total. The Balaban J connectivity index is 1.14. The fourth-order valence-corrected chi connectivity index (χ4v) is 5.35. The van der Waals surface area contributed by atoms with Gasteiger partial charge < -0.3 is 29.6 Å². The van der Waals surface area contributed by atoms with E-state index in [4.69, 9.17) is 21.1 Å².